The summed E-state index contributed by atoms with van der Waals surface area (Å²) >= 11 is 0. The zero-order valence-electron chi connectivity index (χ0n) is 10.0. The quantitative estimate of drug-likeness (QED) is 0.606. The predicted molar refractivity (Wildman–Crippen MR) is 67.8 cm³/mol. The van der Waals surface area contributed by atoms with E-state index in [-0.39, 0.29) is 18.2 Å². The highest BCUT2D eigenvalue weighted by Gasteiger charge is 2.08. The van der Waals surface area contributed by atoms with Gasteiger partial charge in [0, 0.05) is 12.0 Å². The van der Waals surface area contributed by atoms with E-state index in [9.17, 15) is 9.18 Å². The van der Waals surface area contributed by atoms with Gasteiger partial charge in [-0.2, -0.15) is 0 Å². The van der Waals surface area contributed by atoms with Crippen LogP contribution in [0.25, 0.3) is 11.1 Å². The van der Waals surface area contributed by atoms with Gasteiger partial charge in [-0.05, 0) is 23.8 Å². The Morgan fingerprint density at radius 2 is 1.89 bits per heavy atom. The molecular formula is C15H13FO2. The number of halogens is 1. The van der Waals surface area contributed by atoms with Crippen LogP contribution < -0.4 is 4.74 Å². The third kappa shape index (κ3) is 2.74. The molecule has 0 N–H and O–H groups in total. The Kier molecular flexibility index (Phi) is 3.72. The van der Waals surface area contributed by atoms with E-state index >= 15 is 0 Å². The first-order valence-corrected chi connectivity index (χ1v) is 5.76. The van der Waals surface area contributed by atoms with Gasteiger partial charge in [0.05, 0.1) is 0 Å². The third-order valence-corrected chi connectivity index (χ3v) is 2.54. The smallest absolute Gasteiger partial charge is 0.310 e. The molecule has 2 nitrogen and oxygen atoms in total. The number of hydrogen-bond acceptors (Lipinski definition) is 2. The minimum absolute atomic E-state index is 0.290. The van der Waals surface area contributed by atoms with Gasteiger partial charge in [-0.1, -0.05) is 37.3 Å². The lowest BCUT2D eigenvalue weighted by Crippen LogP contribution is -2.05. The molecule has 0 aliphatic carbocycles. The zero-order chi connectivity index (χ0) is 13.0. The van der Waals surface area contributed by atoms with E-state index in [2.05, 4.69) is 0 Å². The van der Waals surface area contributed by atoms with Crippen LogP contribution in [0.2, 0.25) is 0 Å². The summed E-state index contributed by atoms with van der Waals surface area (Å²) in [6.07, 6.45) is 0.290. The summed E-state index contributed by atoms with van der Waals surface area (Å²) in [7, 11) is 0. The van der Waals surface area contributed by atoms with Gasteiger partial charge in [-0.25, -0.2) is 4.39 Å². The highest BCUT2D eigenvalue weighted by atomic mass is 19.1. The van der Waals surface area contributed by atoms with Crippen LogP contribution in [-0.2, 0) is 4.79 Å². The molecule has 0 radical (unpaired) electrons. The summed E-state index contributed by atoms with van der Waals surface area (Å²) in [5.74, 6) is -0.305. The molecule has 0 atom stereocenters. The van der Waals surface area contributed by atoms with Gasteiger partial charge in [0.2, 0.25) is 0 Å². The van der Waals surface area contributed by atoms with Crippen LogP contribution in [0.5, 0.6) is 5.75 Å². The maximum absolute atomic E-state index is 13.7. The normalized spacial score (nSPS) is 10.1. The highest BCUT2D eigenvalue weighted by molar-refractivity contribution is 5.73. The lowest BCUT2D eigenvalue weighted by molar-refractivity contribution is -0.134. The molecule has 0 aliphatic heterocycles. The SMILES string of the molecule is CCC(=O)Oc1ccc(F)c(-c2ccccc2)c1. The van der Waals surface area contributed by atoms with Gasteiger partial charge < -0.3 is 4.74 Å². The van der Waals surface area contributed by atoms with Crippen LogP contribution in [-0.4, -0.2) is 5.97 Å². The summed E-state index contributed by atoms with van der Waals surface area (Å²) in [6, 6.07) is 13.4. The lowest BCUT2D eigenvalue weighted by Gasteiger charge is -2.07. The number of carbonyl (C=O) groups is 1. The molecule has 0 aliphatic rings. The van der Waals surface area contributed by atoms with E-state index in [1.54, 1.807) is 6.92 Å². The maximum atomic E-state index is 13.7. The molecule has 0 fully saturated rings. The van der Waals surface area contributed by atoms with E-state index in [0.29, 0.717) is 11.3 Å². The second kappa shape index (κ2) is 5.45. The molecule has 3 heteroatoms. The first-order chi connectivity index (χ1) is 8.70. The summed E-state index contributed by atoms with van der Waals surface area (Å²) in [4.78, 5) is 11.2. The Morgan fingerprint density at radius 3 is 2.56 bits per heavy atom. The van der Waals surface area contributed by atoms with Crippen molar-refractivity contribution in [3.05, 3.63) is 54.3 Å². The summed E-state index contributed by atoms with van der Waals surface area (Å²) < 4.78 is 18.8. The van der Waals surface area contributed by atoms with Crippen molar-refractivity contribution >= 4 is 5.97 Å². The molecule has 2 aromatic carbocycles. The Labute approximate surface area is 105 Å². The molecule has 0 aromatic heterocycles. The number of benzene rings is 2. The van der Waals surface area contributed by atoms with Crippen molar-refractivity contribution in [2.75, 3.05) is 0 Å². The van der Waals surface area contributed by atoms with Crippen molar-refractivity contribution in [2.24, 2.45) is 0 Å². The van der Waals surface area contributed by atoms with Crippen LogP contribution in [0.3, 0.4) is 0 Å². The van der Waals surface area contributed by atoms with Gasteiger partial charge in [0.15, 0.2) is 0 Å². The fourth-order valence-electron chi connectivity index (χ4n) is 1.61. The Morgan fingerprint density at radius 1 is 1.17 bits per heavy atom. The standard InChI is InChI=1S/C15H13FO2/c1-2-15(17)18-12-8-9-14(16)13(10-12)11-6-4-3-5-7-11/h3-10H,2H2,1H3. The fourth-order valence-corrected chi connectivity index (χ4v) is 1.61. The topological polar surface area (TPSA) is 26.3 Å². The molecule has 0 heterocycles. The molecule has 0 saturated heterocycles. The van der Waals surface area contributed by atoms with Crippen LogP contribution in [0.15, 0.2) is 48.5 Å². The van der Waals surface area contributed by atoms with Crippen molar-refractivity contribution in [3.63, 3.8) is 0 Å². The molecular weight excluding hydrogens is 231 g/mol. The molecule has 0 amide bonds. The van der Waals surface area contributed by atoms with Crippen LogP contribution in [0, 0.1) is 5.82 Å². The first-order valence-electron chi connectivity index (χ1n) is 5.76. The minimum Gasteiger partial charge on any atom is -0.427 e. The van der Waals surface area contributed by atoms with E-state index in [4.69, 9.17) is 4.74 Å². The van der Waals surface area contributed by atoms with Crippen molar-refractivity contribution < 1.29 is 13.9 Å². The average molecular weight is 244 g/mol. The summed E-state index contributed by atoms with van der Waals surface area (Å²) in [5.41, 5.74) is 1.18. The molecule has 2 aromatic rings. The maximum Gasteiger partial charge on any atom is 0.310 e. The number of hydrogen-bond donors (Lipinski definition) is 0. The molecule has 2 rings (SSSR count). The second-order valence-electron chi connectivity index (χ2n) is 3.84. The van der Waals surface area contributed by atoms with Crippen molar-refractivity contribution in [1.82, 2.24) is 0 Å². The molecule has 0 spiro atoms. The average Bonchev–Trinajstić information content (AvgIpc) is 2.42. The first kappa shape index (κ1) is 12.3. The van der Waals surface area contributed by atoms with Crippen LogP contribution in [0.4, 0.5) is 4.39 Å². The van der Waals surface area contributed by atoms with Crippen LogP contribution >= 0.6 is 0 Å². The minimum atomic E-state index is -0.336. The van der Waals surface area contributed by atoms with E-state index in [1.807, 2.05) is 30.3 Å². The number of ether oxygens (including phenoxy) is 1. The number of esters is 1. The monoisotopic (exact) mass is 244 g/mol. The number of carbonyl (C=O) groups excluding carboxylic acids is 1. The lowest BCUT2D eigenvalue weighted by atomic mass is 10.1. The molecule has 0 unspecified atom stereocenters. The van der Waals surface area contributed by atoms with Gasteiger partial charge in [-0.3, -0.25) is 4.79 Å². The highest BCUT2D eigenvalue weighted by Crippen LogP contribution is 2.27. The Balaban J connectivity index is 2.36. The molecule has 18 heavy (non-hydrogen) atoms. The van der Waals surface area contributed by atoms with Gasteiger partial charge in [0.25, 0.3) is 0 Å². The van der Waals surface area contributed by atoms with Crippen LogP contribution in [0.1, 0.15) is 13.3 Å². The summed E-state index contributed by atoms with van der Waals surface area (Å²) in [5, 5.41) is 0. The number of rotatable bonds is 3. The van der Waals surface area contributed by atoms with Gasteiger partial charge in [0.1, 0.15) is 11.6 Å². The van der Waals surface area contributed by atoms with Gasteiger partial charge in [-0.15, -0.1) is 0 Å². The molecule has 0 saturated carbocycles. The fraction of sp³-hybridized carbons (Fsp3) is 0.133. The predicted octanol–water partition coefficient (Wildman–Crippen LogP) is 3.81. The zero-order valence-corrected chi connectivity index (χ0v) is 10.0. The Bertz CT molecular complexity index is 550. The summed E-state index contributed by atoms with van der Waals surface area (Å²) in [6.45, 7) is 1.71. The molecule has 92 valence electrons. The Hall–Kier alpha value is -2.16. The van der Waals surface area contributed by atoms with Gasteiger partial charge >= 0.3 is 5.97 Å². The third-order valence-electron chi connectivity index (χ3n) is 2.54. The largest absolute Gasteiger partial charge is 0.427 e. The second-order valence-corrected chi connectivity index (χ2v) is 3.84. The van der Waals surface area contributed by atoms with Crippen molar-refractivity contribution in [3.8, 4) is 16.9 Å². The molecule has 0 bridgehead atoms. The van der Waals surface area contributed by atoms with E-state index < -0.39 is 0 Å². The van der Waals surface area contributed by atoms with Crippen molar-refractivity contribution in [2.45, 2.75) is 13.3 Å². The van der Waals surface area contributed by atoms with Crippen molar-refractivity contribution in [1.29, 1.82) is 0 Å². The van der Waals surface area contributed by atoms with E-state index in [0.717, 1.165) is 5.56 Å². The van der Waals surface area contributed by atoms with E-state index in [1.165, 1.54) is 18.2 Å².